The summed E-state index contributed by atoms with van der Waals surface area (Å²) in [7, 11) is 0. The molecule has 33 heavy (non-hydrogen) atoms. The number of hydroxylamine groups is 1. The molecule has 0 saturated carbocycles. The van der Waals surface area contributed by atoms with Crippen LogP contribution in [0.4, 0.5) is 10.1 Å². The quantitative estimate of drug-likeness (QED) is 0.394. The van der Waals surface area contributed by atoms with Gasteiger partial charge in [0.1, 0.15) is 6.04 Å². The van der Waals surface area contributed by atoms with Gasteiger partial charge in [-0.05, 0) is 42.5 Å². The molecule has 1 aliphatic rings. The lowest BCUT2D eigenvalue weighted by Crippen LogP contribution is -2.49. The molecule has 176 valence electrons. The van der Waals surface area contributed by atoms with Crippen molar-refractivity contribution in [1.82, 2.24) is 10.4 Å². The van der Waals surface area contributed by atoms with Crippen LogP contribution in [0.1, 0.15) is 39.0 Å². The summed E-state index contributed by atoms with van der Waals surface area (Å²) in [5.41, 5.74) is 3.97. The number of anilines is 1. The summed E-state index contributed by atoms with van der Waals surface area (Å²) in [5, 5.41) is 11.6. The molecule has 3 amide bonds. The predicted molar refractivity (Wildman–Crippen MR) is 123 cm³/mol. The minimum atomic E-state index is -2.18. The van der Waals surface area contributed by atoms with Gasteiger partial charge in [0.15, 0.2) is 6.17 Å². The largest absolute Gasteiger partial charge is 0.330 e. The standard InChI is InChI=1S/C25H30FN3O4/c1-2-3-10-20(22(26)24(31)28-33)25(32)29-16-7-11-21(29)23(30)27-19-14-12-18(13-15-19)17-8-5-4-6-9-17/h4-6,8-9,12-15,20-22,33H,2-3,7,10-11,16H2,1H3,(H,27,30)(H,28,31)/t20-,21+,22-/m1/s1. The second-order valence-electron chi connectivity index (χ2n) is 8.25. The molecule has 3 atom stereocenters. The molecule has 0 aromatic heterocycles. The van der Waals surface area contributed by atoms with Crippen LogP contribution in [0, 0.1) is 5.92 Å². The zero-order chi connectivity index (χ0) is 23.8. The Morgan fingerprint density at radius 2 is 1.76 bits per heavy atom. The molecule has 2 aromatic rings. The number of amides is 3. The topological polar surface area (TPSA) is 98.7 Å². The molecule has 1 aliphatic heterocycles. The second kappa shape index (κ2) is 11.6. The summed E-state index contributed by atoms with van der Waals surface area (Å²) < 4.78 is 14.6. The molecule has 0 bridgehead atoms. The van der Waals surface area contributed by atoms with Gasteiger partial charge in [0.25, 0.3) is 5.91 Å². The van der Waals surface area contributed by atoms with Crippen molar-refractivity contribution in [3.05, 3.63) is 54.6 Å². The maximum Gasteiger partial charge on any atom is 0.278 e. The van der Waals surface area contributed by atoms with E-state index in [2.05, 4.69) is 5.32 Å². The number of alkyl halides is 1. The van der Waals surface area contributed by atoms with Gasteiger partial charge in [-0.2, -0.15) is 0 Å². The van der Waals surface area contributed by atoms with E-state index in [1.165, 1.54) is 10.4 Å². The lowest BCUT2D eigenvalue weighted by molar-refractivity contribution is -0.148. The number of nitrogens with zero attached hydrogens (tertiary/aromatic N) is 1. The van der Waals surface area contributed by atoms with Crippen LogP contribution in [-0.2, 0) is 14.4 Å². The van der Waals surface area contributed by atoms with Gasteiger partial charge in [-0.15, -0.1) is 0 Å². The number of nitrogens with one attached hydrogen (secondary N) is 2. The fraction of sp³-hybridized carbons (Fsp3) is 0.400. The van der Waals surface area contributed by atoms with Crippen LogP contribution in [0.3, 0.4) is 0 Å². The number of hydrogen-bond acceptors (Lipinski definition) is 4. The number of carbonyl (C=O) groups excluding carboxylic acids is 3. The summed E-state index contributed by atoms with van der Waals surface area (Å²) in [4.78, 5) is 39.1. The average molecular weight is 456 g/mol. The van der Waals surface area contributed by atoms with Crippen LogP contribution >= 0.6 is 0 Å². The van der Waals surface area contributed by atoms with Crippen molar-refractivity contribution < 1.29 is 24.0 Å². The van der Waals surface area contributed by atoms with Crippen LogP contribution in [0.15, 0.2) is 54.6 Å². The van der Waals surface area contributed by atoms with Gasteiger partial charge in [0.2, 0.25) is 11.8 Å². The summed E-state index contributed by atoms with van der Waals surface area (Å²) >= 11 is 0. The van der Waals surface area contributed by atoms with E-state index in [1.54, 1.807) is 12.1 Å². The third-order valence-electron chi connectivity index (χ3n) is 6.00. The zero-order valence-corrected chi connectivity index (χ0v) is 18.7. The van der Waals surface area contributed by atoms with E-state index in [1.807, 2.05) is 49.4 Å². The highest BCUT2D eigenvalue weighted by atomic mass is 19.1. The highest BCUT2D eigenvalue weighted by molar-refractivity contribution is 5.98. The highest BCUT2D eigenvalue weighted by Gasteiger charge is 2.41. The van der Waals surface area contributed by atoms with Crippen molar-refractivity contribution in [2.24, 2.45) is 5.92 Å². The van der Waals surface area contributed by atoms with Crippen molar-refractivity contribution in [1.29, 1.82) is 0 Å². The van der Waals surface area contributed by atoms with Crippen molar-refractivity contribution in [2.75, 3.05) is 11.9 Å². The first-order valence-electron chi connectivity index (χ1n) is 11.3. The molecule has 2 aromatic carbocycles. The van der Waals surface area contributed by atoms with Crippen molar-refractivity contribution in [3.8, 4) is 11.1 Å². The Morgan fingerprint density at radius 1 is 1.09 bits per heavy atom. The zero-order valence-electron chi connectivity index (χ0n) is 18.7. The van der Waals surface area contributed by atoms with Gasteiger partial charge in [-0.25, -0.2) is 9.87 Å². The van der Waals surface area contributed by atoms with Crippen molar-refractivity contribution in [2.45, 2.75) is 51.2 Å². The first kappa shape index (κ1) is 24.4. The lowest BCUT2D eigenvalue weighted by atomic mass is 9.94. The smallest absolute Gasteiger partial charge is 0.278 e. The summed E-state index contributed by atoms with van der Waals surface area (Å²) in [6.45, 7) is 2.22. The molecule has 0 unspecified atom stereocenters. The lowest BCUT2D eigenvalue weighted by Gasteiger charge is -2.29. The molecular weight excluding hydrogens is 425 g/mol. The average Bonchev–Trinajstić information content (AvgIpc) is 3.34. The minimum Gasteiger partial charge on any atom is -0.330 e. The molecule has 1 saturated heterocycles. The van der Waals surface area contributed by atoms with Crippen LogP contribution < -0.4 is 10.8 Å². The fourth-order valence-corrected chi connectivity index (χ4v) is 4.18. The number of benzene rings is 2. The van der Waals surface area contributed by atoms with E-state index in [-0.39, 0.29) is 12.3 Å². The van der Waals surface area contributed by atoms with Crippen LogP contribution in [-0.4, -0.2) is 46.6 Å². The number of halogens is 1. The van der Waals surface area contributed by atoms with E-state index < -0.39 is 29.9 Å². The number of carbonyl (C=O) groups is 3. The molecule has 0 aliphatic carbocycles. The molecule has 3 N–H and O–H groups in total. The fourth-order valence-electron chi connectivity index (χ4n) is 4.18. The minimum absolute atomic E-state index is 0.162. The summed E-state index contributed by atoms with van der Waals surface area (Å²) in [6.07, 6.45) is 0.331. The van der Waals surface area contributed by atoms with E-state index >= 15 is 0 Å². The third-order valence-corrected chi connectivity index (χ3v) is 6.00. The maximum atomic E-state index is 14.6. The molecule has 1 fully saturated rings. The number of hydrogen-bond donors (Lipinski definition) is 3. The number of rotatable bonds is 9. The molecule has 0 spiro atoms. The first-order chi connectivity index (χ1) is 16.0. The first-order valence-corrected chi connectivity index (χ1v) is 11.3. The van der Waals surface area contributed by atoms with Gasteiger partial charge >= 0.3 is 0 Å². The van der Waals surface area contributed by atoms with E-state index in [4.69, 9.17) is 5.21 Å². The monoisotopic (exact) mass is 455 g/mol. The Labute approximate surface area is 192 Å². The molecule has 8 heteroatoms. The Hall–Kier alpha value is -3.26. The van der Waals surface area contributed by atoms with Crippen molar-refractivity contribution >= 4 is 23.4 Å². The van der Waals surface area contributed by atoms with E-state index in [9.17, 15) is 18.8 Å². The van der Waals surface area contributed by atoms with Gasteiger partial charge < -0.3 is 10.2 Å². The highest BCUT2D eigenvalue weighted by Crippen LogP contribution is 2.27. The van der Waals surface area contributed by atoms with Crippen LogP contribution in [0.25, 0.3) is 11.1 Å². The number of unbranched alkanes of at least 4 members (excludes halogenated alkanes) is 1. The predicted octanol–water partition coefficient (Wildman–Crippen LogP) is 3.93. The van der Waals surface area contributed by atoms with Gasteiger partial charge in [0.05, 0.1) is 5.92 Å². The van der Waals surface area contributed by atoms with Crippen LogP contribution in [0.5, 0.6) is 0 Å². The Kier molecular flexibility index (Phi) is 8.54. The van der Waals surface area contributed by atoms with E-state index in [0.717, 1.165) is 17.5 Å². The third kappa shape index (κ3) is 5.96. The van der Waals surface area contributed by atoms with Gasteiger partial charge in [0, 0.05) is 12.2 Å². The Balaban J connectivity index is 1.69. The Morgan fingerprint density at radius 3 is 2.39 bits per heavy atom. The molecular formula is C25H30FN3O4. The number of likely N-dealkylation sites (tertiary alicyclic amines) is 1. The van der Waals surface area contributed by atoms with E-state index in [0.29, 0.717) is 31.5 Å². The van der Waals surface area contributed by atoms with Crippen LogP contribution in [0.2, 0.25) is 0 Å². The SMILES string of the molecule is CCCC[C@@H](C(=O)N1CCC[C@H]1C(=O)Nc1ccc(-c2ccccc2)cc1)[C@@H](F)C(=O)NO. The van der Waals surface area contributed by atoms with Gasteiger partial charge in [-0.3, -0.25) is 19.6 Å². The maximum absolute atomic E-state index is 14.6. The molecule has 7 nitrogen and oxygen atoms in total. The molecule has 1 heterocycles. The van der Waals surface area contributed by atoms with Crippen molar-refractivity contribution in [3.63, 3.8) is 0 Å². The Bertz CT molecular complexity index is 952. The summed E-state index contributed by atoms with van der Waals surface area (Å²) in [6, 6.07) is 16.5. The van der Waals surface area contributed by atoms with Gasteiger partial charge in [-0.1, -0.05) is 62.2 Å². The molecule has 3 rings (SSSR count). The molecule has 0 radical (unpaired) electrons. The normalized spacial score (nSPS) is 17.3. The second-order valence-corrected chi connectivity index (χ2v) is 8.25. The summed E-state index contributed by atoms with van der Waals surface area (Å²) in [5.74, 6) is -3.40.